The number of sulfonamides is 1. The standard InChI is InChI=1S/C17H12F6N2O3S/c18-11-4-2-10(8-13(11)20)24-15(26)9-1-3-12(19)14(7-9)29(27,28)25-16(5-6-16)17(21,22)23/h1-4,7-8,25H,5-6H2,(H,24,26). The fraction of sp³-hybridized carbons (Fsp3) is 0.235. The molecule has 0 heterocycles. The third-order valence-electron chi connectivity index (χ3n) is 4.28. The predicted octanol–water partition coefficient (Wildman–Crippen LogP) is 3.73. The van der Waals surface area contributed by atoms with Crippen LogP contribution in [0.15, 0.2) is 41.3 Å². The summed E-state index contributed by atoms with van der Waals surface area (Å²) in [4.78, 5) is 11.1. The molecule has 0 radical (unpaired) electrons. The van der Waals surface area contributed by atoms with Crippen LogP contribution in [-0.4, -0.2) is 26.0 Å². The summed E-state index contributed by atoms with van der Waals surface area (Å²) in [6, 6.07) is 4.47. The van der Waals surface area contributed by atoms with Crippen LogP contribution in [0.1, 0.15) is 23.2 Å². The molecule has 3 rings (SSSR count). The fourth-order valence-electron chi connectivity index (χ4n) is 2.51. The van der Waals surface area contributed by atoms with Gasteiger partial charge >= 0.3 is 6.18 Å². The van der Waals surface area contributed by atoms with Gasteiger partial charge in [0.05, 0.1) is 0 Å². The van der Waals surface area contributed by atoms with E-state index in [1.54, 1.807) is 0 Å². The van der Waals surface area contributed by atoms with Gasteiger partial charge in [-0.25, -0.2) is 21.6 Å². The second kappa shape index (κ2) is 7.02. The van der Waals surface area contributed by atoms with Crippen LogP contribution in [0.5, 0.6) is 0 Å². The fourth-order valence-corrected chi connectivity index (χ4v) is 4.06. The summed E-state index contributed by atoms with van der Waals surface area (Å²) in [5, 5.41) is 2.15. The molecule has 2 aromatic carbocycles. The number of amides is 1. The highest BCUT2D eigenvalue weighted by Gasteiger charge is 2.65. The van der Waals surface area contributed by atoms with E-state index in [0.29, 0.717) is 18.2 Å². The largest absolute Gasteiger partial charge is 0.407 e. The molecule has 1 aliphatic carbocycles. The number of anilines is 1. The number of carbonyl (C=O) groups excluding carboxylic acids is 1. The van der Waals surface area contributed by atoms with Gasteiger partial charge in [-0.1, -0.05) is 0 Å². The third-order valence-corrected chi connectivity index (χ3v) is 5.83. The van der Waals surface area contributed by atoms with E-state index in [2.05, 4.69) is 5.32 Å². The lowest BCUT2D eigenvalue weighted by atomic mass is 10.2. The van der Waals surface area contributed by atoms with Crippen molar-refractivity contribution in [3.8, 4) is 0 Å². The van der Waals surface area contributed by atoms with E-state index < -0.39 is 68.4 Å². The van der Waals surface area contributed by atoms with Gasteiger partial charge < -0.3 is 5.32 Å². The average Bonchev–Trinajstić information content (AvgIpc) is 3.38. The molecule has 1 saturated carbocycles. The number of halogens is 6. The van der Waals surface area contributed by atoms with Gasteiger partial charge in [-0.05, 0) is 43.2 Å². The second-order valence-corrected chi connectivity index (χ2v) is 8.06. The van der Waals surface area contributed by atoms with E-state index in [4.69, 9.17) is 0 Å². The summed E-state index contributed by atoms with van der Waals surface area (Å²) in [5.41, 5.74) is -3.26. The molecule has 0 saturated heterocycles. The molecule has 0 bridgehead atoms. The maximum absolute atomic E-state index is 14.0. The van der Waals surface area contributed by atoms with E-state index in [-0.39, 0.29) is 5.69 Å². The third kappa shape index (κ3) is 4.22. The van der Waals surface area contributed by atoms with Gasteiger partial charge in [0.25, 0.3) is 5.91 Å². The molecule has 2 aromatic rings. The van der Waals surface area contributed by atoms with Crippen molar-refractivity contribution in [3.05, 3.63) is 59.4 Å². The SMILES string of the molecule is O=C(Nc1ccc(F)c(F)c1)c1ccc(F)c(S(=O)(=O)NC2(C(F)(F)F)CC2)c1. The number of hydrogen-bond donors (Lipinski definition) is 2. The second-order valence-electron chi connectivity index (χ2n) is 6.41. The van der Waals surface area contributed by atoms with Crippen molar-refractivity contribution in [1.82, 2.24) is 4.72 Å². The van der Waals surface area contributed by atoms with Crippen molar-refractivity contribution in [2.75, 3.05) is 5.32 Å². The number of rotatable bonds is 5. The van der Waals surface area contributed by atoms with E-state index >= 15 is 0 Å². The van der Waals surface area contributed by atoms with Crippen LogP contribution in [0.2, 0.25) is 0 Å². The Morgan fingerprint density at radius 2 is 1.55 bits per heavy atom. The van der Waals surface area contributed by atoms with E-state index in [1.807, 2.05) is 0 Å². The molecule has 0 aliphatic heterocycles. The normalized spacial score (nSPS) is 15.8. The summed E-state index contributed by atoms with van der Waals surface area (Å²) in [7, 11) is -4.95. The molecule has 1 aliphatic rings. The first kappa shape index (κ1) is 21.1. The van der Waals surface area contributed by atoms with Crippen LogP contribution in [-0.2, 0) is 10.0 Å². The Bertz CT molecular complexity index is 1080. The zero-order valence-electron chi connectivity index (χ0n) is 14.3. The van der Waals surface area contributed by atoms with Crippen molar-refractivity contribution >= 4 is 21.6 Å². The van der Waals surface area contributed by atoms with Gasteiger partial charge in [-0.3, -0.25) is 4.79 Å². The molecular formula is C17H12F6N2O3S. The van der Waals surface area contributed by atoms with Gasteiger partial charge in [0.15, 0.2) is 11.6 Å². The molecule has 0 atom stereocenters. The Morgan fingerprint density at radius 1 is 0.931 bits per heavy atom. The summed E-state index contributed by atoms with van der Waals surface area (Å²) in [6.45, 7) is 0. The highest BCUT2D eigenvalue weighted by Crippen LogP contribution is 2.49. The lowest BCUT2D eigenvalue weighted by Gasteiger charge is -2.21. The van der Waals surface area contributed by atoms with Gasteiger partial charge in [-0.15, -0.1) is 0 Å². The van der Waals surface area contributed by atoms with Crippen LogP contribution >= 0.6 is 0 Å². The van der Waals surface area contributed by atoms with E-state index in [0.717, 1.165) is 18.2 Å². The molecule has 1 fully saturated rings. The Hall–Kier alpha value is -2.60. The molecule has 156 valence electrons. The van der Waals surface area contributed by atoms with Crippen molar-refractivity contribution in [1.29, 1.82) is 0 Å². The van der Waals surface area contributed by atoms with Crippen molar-refractivity contribution in [2.24, 2.45) is 0 Å². The molecule has 2 N–H and O–H groups in total. The van der Waals surface area contributed by atoms with Gasteiger partial charge in [0.1, 0.15) is 16.3 Å². The van der Waals surface area contributed by atoms with Crippen LogP contribution in [0.25, 0.3) is 0 Å². The van der Waals surface area contributed by atoms with Gasteiger partial charge in [0.2, 0.25) is 10.0 Å². The average molecular weight is 438 g/mol. The number of hydrogen-bond acceptors (Lipinski definition) is 3. The van der Waals surface area contributed by atoms with Crippen molar-refractivity contribution in [2.45, 2.75) is 29.5 Å². The smallest absolute Gasteiger partial charge is 0.322 e. The highest BCUT2D eigenvalue weighted by atomic mass is 32.2. The van der Waals surface area contributed by atoms with Crippen molar-refractivity contribution in [3.63, 3.8) is 0 Å². The summed E-state index contributed by atoms with van der Waals surface area (Å²) in [5.74, 6) is -4.79. The zero-order valence-corrected chi connectivity index (χ0v) is 15.1. The Balaban J connectivity index is 1.87. The Labute approximate surface area is 160 Å². The molecule has 0 spiro atoms. The van der Waals surface area contributed by atoms with E-state index in [1.165, 1.54) is 4.72 Å². The minimum absolute atomic E-state index is 0.172. The number of alkyl halides is 3. The number of carbonyl (C=O) groups is 1. The molecule has 1 amide bonds. The first-order valence-corrected chi connectivity index (χ1v) is 9.50. The van der Waals surface area contributed by atoms with Crippen LogP contribution in [0.3, 0.4) is 0 Å². The monoisotopic (exact) mass is 438 g/mol. The molecule has 29 heavy (non-hydrogen) atoms. The number of benzene rings is 2. The zero-order chi connectivity index (χ0) is 21.6. The molecular weight excluding hydrogens is 426 g/mol. The Kier molecular flexibility index (Phi) is 5.11. The first-order chi connectivity index (χ1) is 13.3. The molecule has 0 unspecified atom stereocenters. The molecule has 12 heteroatoms. The van der Waals surface area contributed by atoms with Crippen LogP contribution in [0.4, 0.5) is 32.0 Å². The lowest BCUT2D eigenvalue weighted by Crippen LogP contribution is -2.47. The predicted molar refractivity (Wildman–Crippen MR) is 89.1 cm³/mol. The summed E-state index contributed by atoms with van der Waals surface area (Å²) in [6.07, 6.45) is -5.85. The highest BCUT2D eigenvalue weighted by molar-refractivity contribution is 7.89. The van der Waals surface area contributed by atoms with Gasteiger partial charge in [-0.2, -0.15) is 17.9 Å². The maximum atomic E-state index is 14.0. The summed E-state index contributed by atoms with van der Waals surface area (Å²) < 4.78 is 105. The van der Waals surface area contributed by atoms with Crippen molar-refractivity contribution < 1.29 is 39.6 Å². The van der Waals surface area contributed by atoms with Gasteiger partial charge in [0, 0.05) is 17.3 Å². The maximum Gasteiger partial charge on any atom is 0.407 e. The minimum Gasteiger partial charge on any atom is -0.322 e. The Morgan fingerprint density at radius 3 is 2.10 bits per heavy atom. The summed E-state index contributed by atoms with van der Waals surface area (Å²) >= 11 is 0. The minimum atomic E-state index is -4.95. The molecule has 0 aromatic heterocycles. The van der Waals surface area contributed by atoms with Crippen LogP contribution in [0, 0.1) is 17.5 Å². The first-order valence-electron chi connectivity index (χ1n) is 8.01. The number of nitrogens with one attached hydrogen (secondary N) is 2. The van der Waals surface area contributed by atoms with Crippen LogP contribution < -0.4 is 10.0 Å². The lowest BCUT2D eigenvalue weighted by molar-refractivity contribution is -0.160. The topological polar surface area (TPSA) is 75.3 Å². The van der Waals surface area contributed by atoms with E-state index in [9.17, 15) is 39.6 Å². The quantitative estimate of drug-likeness (QED) is 0.699. The molecule has 5 nitrogen and oxygen atoms in total.